The molecule has 5 heteroatoms. The van der Waals surface area contributed by atoms with Crippen LogP contribution in [-0.4, -0.2) is 12.2 Å². The summed E-state index contributed by atoms with van der Waals surface area (Å²) >= 11 is 11.2. The first-order valence-corrected chi connectivity index (χ1v) is 7.48. The van der Waals surface area contributed by atoms with Crippen LogP contribution >= 0.6 is 38.9 Å². The molecule has 2 aromatic rings. The van der Waals surface area contributed by atoms with Gasteiger partial charge in [0.05, 0.1) is 13.2 Å². The van der Waals surface area contributed by atoms with Crippen molar-refractivity contribution in [2.75, 3.05) is 11.9 Å². The minimum atomic E-state index is 0.0188. The molecule has 0 fully saturated rings. The van der Waals surface area contributed by atoms with Crippen LogP contribution in [-0.2, 0) is 13.2 Å². The summed E-state index contributed by atoms with van der Waals surface area (Å²) in [6.45, 7) is 0.814. The average molecular weight is 347 g/mol. The van der Waals surface area contributed by atoms with E-state index in [1.807, 2.05) is 19.2 Å². The first kappa shape index (κ1) is 13.9. The van der Waals surface area contributed by atoms with Gasteiger partial charge in [0, 0.05) is 38.1 Å². The van der Waals surface area contributed by atoms with Crippen molar-refractivity contribution in [1.29, 1.82) is 0 Å². The van der Waals surface area contributed by atoms with E-state index in [2.05, 4.69) is 32.3 Å². The summed E-state index contributed by atoms with van der Waals surface area (Å²) in [5.41, 5.74) is 1.85. The molecule has 0 saturated carbocycles. The summed E-state index contributed by atoms with van der Waals surface area (Å²) in [5, 5.41) is 12.1. The molecule has 0 atom stereocenters. The second-order valence-corrected chi connectivity index (χ2v) is 6.37. The van der Waals surface area contributed by atoms with E-state index in [0.717, 1.165) is 22.3 Å². The standard InChI is InChI=1S/C13H13BrClNOS/c1-16(6-12-4-10(14)8-18-12)13-5-11(15)3-2-9(13)7-17/h2-5,8,17H,6-7H2,1H3. The van der Waals surface area contributed by atoms with Gasteiger partial charge in [-0.2, -0.15) is 0 Å². The molecule has 0 spiro atoms. The zero-order chi connectivity index (χ0) is 13.1. The maximum absolute atomic E-state index is 9.35. The third-order valence-corrected chi connectivity index (χ3v) is 4.56. The number of nitrogens with zero attached hydrogens (tertiary/aromatic N) is 1. The molecule has 2 nitrogen and oxygen atoms in total. The highest BCUT2D eigenvalue weighted by Gasteiger charge is 2.09. The molecule has 0 saturated heterocycles. The van der Waals surface area contributed by atoms with Crippen molar-refractivity contribution >= 4 is 44.6 Å². The van der Waals surface area contributed by atoms with Gasteiger partial charge in [-0.05, 0) is 34.1 Å². The summed E-state index contributed by atoms with van der Waals surface area (Å²) in [6.07, 6.45) is 0. The van der Waals surface area contributed by atoms with Crippen LogP contribution in [0.1, 0.15) is 10.4 Å². The van der Waals surface area contributed by atoms with Gasteiger partial charge in [0.1, 0.15) is 0 Å². The Balaban J connectivity index is 2.22. The van der Waals surface area contributed by atoms with Crippen molar-refractivity contribution in [3.63, 3.8) is 0 Å². The first-order valence-electron chi connectivity index (χ1n) is 5.43. The summed E-state index contributed by atoms with van der Waals surface area (Å²) < 4.78 is 1.10. The number of hydrogen-bond acceptors (Lipinski definition) is 3. The van der Waals surface area contributed by atoms with Gasteiger partial charge in [-0.15, -0.1) is 11.3 Å². The van der Waals surface area contributed by atoms with E-state index in [1.165, 1.54) is 4.88 Å². The molecule has 0 aliphatic heterocycles. The van der Waals surface area contributed by atoms with Crippen LogP contribution in [0.5, 0.6) is 0 Å². The van der Waals surface area contributed by atoms with Crippen LogP contribution in [0.25, 0.3) is 0 Å². The van der Waals surface area contributed by atoms with Crippen molar-refractivity contribution in [1.82, 2.24) is 0 Å². The maximum atomic E-state index is 9.35. The van der Waals surface area contributed by atoms with E-state index in [-0.39, 0.29) is 6.61 Å². The lowest BCUT2D eigenvalue weighted by molar-refractivity contribution is 0.282. The zero-order valence-corrected chi connectivity index (χ0v) is 13.0. The number of aliphatic hydroxyl groups excluding tert-OH is 1. The molecule has 0 aliphatic rings. The topological polar surface area (TPSA) is 23.5 Å². The van der Waals surface area contributed by atoms with Crippen molar-refractivity contribution in [2.45, 2.75) is 13.2 Å². The quantitative estimate of drug-likeness (QED) is 0.892. The SMILES string of the molecule is CN(Cc1cc(Br)cs1)c1cc(Cl)ccc1CO. The van der Waals surface area contributed by atoms with Crippen LogP contribution < -0.4 is 4.90 Å². The Bertz CT molecular complexity index is 544. The number of benzene rings is 1. The molecule has 0 unspecified atom stereocenters. The highest BCUT2D eigenvalue weighted by molar-refractivity contribution is 9.10. The summed E-state index contributed by atoms with van der Waals surface area (Å²) in [5.74, 6) is 0. The molecular weight excluding hydrogens is 334 g/mol. The Kier molecular flexibility index (Phi) is 4.67. The largest absolute Gasteiger partial charge is 0.392 e. The Labute approximate surface area is 124 Å². The molecule has 2 rings (SSSR count). The molecule has 1 heterocycles. The molecule has 0 bridgehead atoms. The van der Waals surface area contributed by atoms with Gasteiger partial charge in [0.25, 0.3) is 0 Å². The number of hydrogen-bond donors (Lipinski definition) is 1. The fraction of sp³-hybridized carbons (Fsp3) is 0.231. The van der Waals surface area contributed by atoms with Gasteiger partial charge in [-0.25, -0.2) is 0 Å². The van der Waals surface area contributed by atoms with Crippen molar-refractivity contribution in [3.8, 4) is 0 Å². The van der Waals surface area contributed by atoms with Crippen LogP contribution in [0.3, 0.4) is 0 Å². The minimum Gasteiger partial charge on any atom is -0.392 e. The van der Waals surface area contributed by atoms with Gasteiger partial charge < -0.3 is 10.0 Å². The zero-order valence-electron chi connectivity index (χ0n) is 9.86. The Morgan fingerprint density at radius 1 is 1.39 bits per heavy atom. The lowest BCUT2D eigenvalue weighted by atomic mass is 10.1. The summed E-state index contributed by atoms with van der Waals surface area (Å²) in [4.78, 5) is 3.35. The highest BCUT2D eigenvalue weighted by atomic mass is 79.9. The van der Waals surface area contributed by atoms with Crippen LogP contribution in [0.4, 0.5) is 5.69 Å². The second kappa shape index (κ2) is 6.06. The Hall–Kier alpha value is -0.550. The fourth-order valence-corrected chi connectivity index (χ4v) is 3.45. The molecule has 1 aromatic heterocycles. The molecule has 1 aromatic carbocycles. The second-order valence-electron chi connectivity index (χ2n) is 4.02. The molecule has 0 amide bonds. The number of aliphatic hydroxyl groups is 1. The van der Waals surface area contributed by atoms with Gasteiger partial charge in [-0.3, -0.25) is 0 Å². The van der Waals surface area contributed by atoms with E-state index in [9.17, 15) is 5.11 Å². The third kappa shape index (κ3) is 3.26. The average Bonchev–Trinajstić information content (AvgIpc) is 2.74. The van der Waals surface area contributed by atoms with Gasteiger partial charge in [0.15, 0.2) is 0 Å². The molecule has 0 radical (unpaired) electrons. The third-order valence-electron chi connectivity index (χ3n) is 2.64. The number of thiophene rings is 1. The highest BCUT2D eigenvalue weighted by Crippen LogP contribution is 2.27. The van der Waals surface area contributed by atoms with E-state index in [1.54, 1.807) is 17.4 Å². The number of anilines is 1. The lowest BCUT2D eigenvalue weighted by Crippen LogP contribution is -2.17. The van der Waals surface area contributed by atoms with Crippen LogP contribution in [0.15, 0.2) is 34.1 Å². The molecular formula is C13H13BrClNOS. The Morgan fingerprint density at radius 3 is 2.78 bits per heavy atom. The predicted octanol–water partition coefficient (Wildman–Crippen LogP) is 4.29. The van der Waals surface area contributed by atoms with E-state index in [4.69, 9.17) is 11.6 Å². The van der Waals surface area contributed by atoms with Crippen LogP contribution in [0, 0.1) is 0 Å². The van der Waals surface area contributed by atoms with Crippen molar-refractivity contribution in [3.05, 3.63) is 49.6 Å². The number of halogens is 2. The van der Waals surface area contributed by atoms with E-state index < -0.39 is 0 Å². The van der Waals surface area contributed by atoms with E-state index >= 15 is 0 Å². The first-order chi connectivity index (χ1) is 8.60. The smallest absolute Gasteiger partial charge is 0.0702 e. The molecule has 18 heavy (non-hydrogen) atoms. The lowest BCUT2D eigenvalue weighted by Gasteiger charge is -2.21. The van der Waals surface area contributed by atoms with Gasteiger partial charge in [0.2, 0.25) is 0 Å². The predicted molar refractivity (Wildman–Crippen MR) is 81.5 cm³/mol. The van der Waals surface area contributed by atoms with Gasteiger partial charge >= 0.3 is 0 Å². The minimum absolute atomic E-state index is 0.0188. The van der Waals surface area contributed by atoms with Crippen molar-refractivity contribution < 1.29 is 5.11 Å². The van der Waals surface area contributed by atoms with Crippen molar-refractivity contribution in [2.24, 2.45) is 0 Å². The molecule has 0 aliphatic carbocycles. The normalized spacial score (nSPS) is 10.7. The Morgan fingerprint density at radius 2 is 2.17 bits per heavy atom. The molecule has 1 N–H and O–H groups in total. The number of rotatable bonds is 4. The summed E-state index contributed by atoms with van der Waals surface area (Å²) in [7, 11) is 2.00. The molecule has 96 valence electrons. The summed E-state index contributed by atoms with van der Waals surface area (Å²) in [6, 6.07) is 7.64. The fourth-order valence-electron chi connectivity index (χ4n) is 1.78. The monoisotopic (exact) mass is 345 g/mol. The van der Waals surface area contributed by atoms with E-state index in [0.29, 0.717) is 5.02 Å². The van der Waals surface area contributed by atoms with Gasteiger partial charge in [-0.1, -0.05) is 17.7 Å². The van der Waals surface area contributed by atoms with Crippen LogP contribution in [0.2, 0.25) is 5.02 Å². The maximum Gasteiger partial charge on any atom is 0.0702 e.